The number of carbonyl (C=O) groups excluding carboxylic acids is 2. The number of fused-ring (bicyclic) bond motifs is 6. The molecule has 9 aromatic rings. The van der Waals surface area contributed by atoms with Gasteiger partial charge >= 0.3 is 5.97 Å². The Morgan fingerprint density at radius 3 is 1.37 bits per heavy atom. The fourth-order valence-electron chi connectivity index (χ4n) is 14.4. The van der Waals surface area contributed by atoms with Crippen molar-refractivity contribution < 1.29 is 19.5 Å². The number of amides is 2. The Bertz CT molecular complexity index is 4660. The molecule has 94 heavy (non-hydrogen) atoms. The Morgan fingerprint density at radius 1 is 0.511 bits per heavy atom. The van der Waals surface area contributed by atoms with Crippen molar-refractivity contribution in [2.24, 2.45) is 0 Å². The minimum Gasteiger partial charge on any atom is -0.480 e. The van der Waals surface area contributed by atoms with Gasteiger partial charge < -0.3 is 14.9 Å². The van der Waals surface area contributed by atoms with E-state index in [0.29, 0.717) is 60.3 Å². The van der Waals surface area contributed by atoms with E-state index in [0.717, 1.165) is 64.6 Å². The van der Waals surface area contributed by atoms with Gasteiger partial charge in [0.15, 0.2) is 0 Å². The van der Waals surface area contributed by atoms with Crippen LogP contribution in [0.2, 0.25) is 0 Å². The number of aromatic nitrogens is 1. The molecule has 1 N–H and O–H groups in total. The second-order valence-corrected chi connectivity index (χ2v) is 28.6. The van der Waals surface area contributed by atoms with Crippen molar-refractivity contribution in [1.82, 2.24) is 14.4 Å². The lowest BCUT2D eigenvalue weighted by molar-refractivity contribution is -0.140. The van der Waals surface area contributed by atoms with Crippen LogP contribution in [0.1, 0.15) is 120 Å². The maximum Gasteiger partial charge on any atom is 0.323 e. The zero-order valence-electron chi connectivity index (χ0n) is 52.0. The number of nitrogens with zero attached hydrogens (tertiary/aromatic N) is 5. The van der Waals surface area contributed by atoms with Gasteiger partial charge in [-0.15, -0.1) is 11.3 Å². The maximum absolute atomic E-state index is 13.6. The standard InChI is InChI=1S/C42H37N3O2S3.C37H30N2O3S2/c1-3-43-39(46)37(49-41(43)38-40(47)44(4-2)42(48)50-38)26-28-20-23-36-34(25-28)32-16-11-17-35(32)45(36)31-21-18-27(19-22-31)24-33(29-12-7-5-8-13-29)30-14-9-6-10-15-30;40-35(41)23-38-36(42)34(44-37(38)43)22-25-16-19-33-31(21-25)29-12-7-13-32(29)39(33)28-17-14-24(15-18-28)20-30(26-8-3-1-4-9-26)27-10-5-2-6-11-27/h5-10,12-15,18-26,32,35H,3-4,11,16-17H2,1-2H3;1-6,8-11,14-22,29,32H,7,12-13,23H2,(H,40,41)/b37-26-,41-38+;34-22-. The molecule has 4 aliphatic heterocycles. The number of hydrogen-bond acceptors (Lipinski definition) is 11. The molecule has 0 bridgehead atoms. The van der Waals surface area contributed by atoms with E-state index in [1.54, 1.807) is 9.47 Å². The predicted octanol–water partition coefficient (Wildman–Crippen LogP) is 16.5. The largest absolute Gasteiger partial charge is 0.480 e. The van der Waals surface area contributed by atoms with Crippen LogP contribution >= 0.6 is 59.3 Å². The normalized spacial score (nSPS) is 19.7. The van der Waals surface area contributed by atoms with Crippen LogP contribution in [0.4, 0.5) is 22.7 Å². The van der Waals surface area contributed by atoms with Crippen LogP contribution in [0.25, 0.3) is 40.4 Å². The Labute approximate surface area is 570 Å². The number of anilines is 4. The van der Waals surface area contributed by atoms with Crippen molar-refractivity contribution in [3.05, 3.63) is 286 Å². The van der Waals surface area contributed by atoms with Crippen molar-refractivity contribution in [2.75, 3.05) is 22.9 Å². The molecular weight excluding hydrogens is 1260 g/mol. The molecule has 4 unspecified atom stereocenters. The summed E-state index contributed by atoms with van der Waals surface area (Å²) in [5, 5.41) is 9.16. The summed E-state index contributed by atoms with van der Waals surface area (Å²) >= 11 is 14.6. The molecule has 4 atom stereocenters. The Morgan fingerprint density at radius 2 is 0.947 bits per heavy atom. The van der Waals surface area contributed by atoms with Crippen molar-refractivity contribution in [3.8, 4) is 0 Å². The van der Waals surface area contributed by atoms with Crippen LogP contribution in [0.15, 0.2) is 216 Å². The summed E-state index contributed by atoms with van der Waals surface area (Å²) in [4.78, 5) is 59.5. The Balaban J connectivity index is 0.000000164. The van der Waals surface area contributed by atoms with Gasteiger partial charge in [0.1, 0.15) is 24.8 Å². The van der Waals surface area contributed by atoms with Crippen molar-refractivity contribution in [3.63, 3.8) is 0 Å². The Hall–Kier alpha value is -8.96. The number of carboxylic acids is 1. The van der Waals surface area contributed by atoms with Crippen molar-refractivity contribution in [2.45, 2.75) is 82.8 Å². The third-order valence-electron chi connectivity index (χ3n) is 18.7. The lowest BCUT2D eigenvalue weighted by Gasteiger charge is -2.27. The van der Waals surface area contributed by atoms with Crippen LogP contribution in [0.5, 0.6) is 0 Å². The summed E-state index contributed by atoms with van der Waals surface area (Å²) < 4.78 is 3.87. The molecule has 2 saturated carbocycles. The molecule has 0 radical (unpaired) electrons. The monoisotopic (exact) mass is 1330 g/mol. The van der Waals surface area contributed by atoms with Gasteiger partial charge in [0.05, 0.1) is 9.44 Å². The summed E-state index contributed by atoms with van der Waals surface area (Å²) in [7, 11) is 0. The average Bonchev–Trinajstić information content (AvgIpc) is 1.60. The van der Waals surface area contributed by atoms with E-state index < -0.39 is 12.5 Å². The van der Waals surface area contributed by atoms with Crippen LogP contribution in [0.3, 0.4) is 0 Å². The second-order valence-electron chi connectivity index (χ2n) is 24.2. The SMILES string of the molecule is CCN1C(=O)/C(=c2\s/c(=C\c3ccc4c(c3)C3CCCC3N4c3ccc(C=C(c4ccccc4)c4ccccc4)cc3)c(=O)n2CC)SC1=S.O=C(O)CN1C(=O)/C(=C/c2ccc3c(c2)C2CCCC2N3c2ccc(C=C(c3ccccc3)c3ccccc3)cc2)SC1=S. The number of hydrogen-bond donors (Lipinski definition) is 1. The van der Waals surface area contributed by atoms with Crippen molar-refractivity contribution >= 4 is 149 Å². The molecule has 0 spiro atoms. The average molecular weight is 1330 g/mol. The lowest BCUT2D eigenvalue weighted by Crippen LogP contribution is -2.33. The van der Waals surface area contributed by atoms with Gasteiger partial charge in [-0.1, -0.05) is 219 Å². The van der Waals surface area contributed by atoms with Gasteiger partial charge in [0.2, 0.25) is 0 Å². The number of thioether (sulfide) groups is 2. The number of thiazole rings is 1. The number of carboxylic acid groups (broad SMARTS) is 1. The molecule has 10 nitrogen and oxygen atoms in total. The molecule has 15 rings (SSSR count). The van der Waals surface area contributed by atoms with Gasteiger partial charge in [-0.05, 0) is 179 Å². The molecule has 2 saturated heterocycles. The quantitative estimate of drug-likeness (QED) is 0.0639. The molecule has 6 aliphatic rings. The molecule has 4 fully saturated rings. The highest BCUT2D eigenvalue weighted by Gasteiger charge is 2.44. The van der Waals surface area contributed by atoms with Crippen LogP contribution < -0.4 is 24.6 Å². The van der Waals surface area contributed by atoms with E-state index in [-0.39, 0.29) is 21.7 Å². The summed E-state index contributed by atoms with van der Waals surface area (Å²) in [6.07, 6.45) is 15.3. The fraction of sp³-hybridized carbons (Fsp3) is 0.190. The zero-order valence-corrected chi connectivity index (χ0v) is 56.1. The van der Waals surface area contributed by atoms with E-state index in [9.17, 15) is 19.2 Å². The second kappa shape index (κ2) is 27.2. The third kappa shape index (κ3) is 12.3. The molecule has 1 aromatic heterocycles. The summed E-state index contributed by atoms with van der Waals surface area (Å²) in [6, 6.07) is 73.9. The summed E-state index contributed by atoms with van der Waals surface area (Å²) in [5.41, 5.74) is 18.9. The highest BCUT2D eigenvalue weighted by Crippen LogP contribution is 2.54. The topological polar surface area (TPSA) is 106 Å². The first-order valence-corrected chi connectivity index (χ1v) is 35.4. The fourth-order valence-corrected chi connectivity index (χ4v) is 18.3. The first-order valence-electron chi connectivity index (χ1n) is 32.1. The summed E-state index contributed by atoms with van der Waals surface area (Å²) in [5.74, 6) is -0.651. The van der Waals surface area contributed by atoms with Crippen molar-refractivity contribution in [1.29, 1.82) is 0 Å². The first-order chi connectivity index (χ1) is 45.9. The summed E-state index contributed by atoms with van der Waals surface area (Å²) in [6.45, 7) is 4.46. The lowest BCUT2D eigenvalue weighted by atomic mass is 9.95. The van der Waals surface area contributed by atoms with Gasteiger partial charge in [0.25, 0.3) is 17.4 Å². The van der Waals surface area contributed by atoms with Crippen LogP contribution in [-0.4, -0.2) is 71.1 Å². The number of thiocarbonyl (C=S) groups is 2. The number of rotatable bonds is 14. The molecule has 2 aliphatic carbocycles. The minimum absolute atomic E-state index is 0.0630. The maximum atomic E-state index is 13.6. The van der Waals surface area contributed by atoms with Crippen LogP contribution in [0, 0.1) is 0 Å². The van der Waals surface area contributed by atoms with E-state index in [1.165, 1.54) is 103 Å². The van der Waals surface area contributed by atoms with Gasteiger partial charge in [0, 0.05) is 59.8 Å². The van der Waals surface area contributed by atoms with E-state index >= 15 is 0 Å². The third-order valence-corrected chi connectivity index (χ3v) is 22.8. The molecule has 468 valence electrons. The smallest absolute Gasteiger partial charge is 0.323 e. The van der Waals surface area contributed by atoms with Gasteiger partial charge in [-0.3, -0.25) is 33.5 Å². The molecular formula is C79H67N5O5S5. The first kappa shape index (κ1) is 62.5. The van der Waals surface area contributed by atoms with Gasteiger partial charge in [-0.2, -0.15) is 0 Å². The van der Waals surface area contributed by atoms with E-state index in [4.69, 9.17) is 29.5 Å². The highest BCUT2D eigenvalue weighted by atomic mass is 32.2. The highest BCUT2D eigenvalue weighted by molar-refractivity contribution is 8.30. The Kier molecular flexibility index (Phi) is 18.1. The van der Waals surface area contributed by atoms with Gasteiger partial charge in [-0.25, -0.2) is 0 Å². The number of benzene rings is 8. The number of aliphatic carboxylic acids is 1. The van der Waals surface area contributed by atoms with E-state index in [1.807, 2.05) is 44.2 Å². The molecule has 5 heterocycles. The predicted molar refractivity (Wildman–Crippen MR) is 396 cm³/mol. The molecule has 2 amide bonds. The number of carbonyl (C=O) groups is 3. The molecule has 15 heteroatoms. The minimum atomic E-state index is -1.08. The zero-order chi connectivity index (χ0) is 64.6. The molecule has 8 aromatic carbocycles. The van der Waals surface area contributed by atoms with E-state index in [2.05, 4.69) is 210 Å². The van der Waals surface area contributed by atoms with Crippen LogP contribution in [-0.2, 0) is 20.9 Å².